The van der Waals surface area contributed by atoms with Gasteiger partial charge in [-0.1, -0.05) is 0 Å². The van der Waals surface area contributed by atoms with Crippen molar-refractivity contribution in [1.29, 1.82) is 5.26 Å². The Kier molecular flexibility index (Phi) is 4.70. The molecule has 0 saturated carbocycles. The number of pyridine rings is 1. The van der Waals surface area contributed by atoms with Crippen LogP contribution in [0, 0.1) is 11.3 Å². The molecule has 0 spiro atoms. The number of hydrogen-bond donors (Lipinski definition) is 1. The van der Waals surface area contributed by atoms with Crippen molar-refractivity contribution in [3.8, 4) is 11.8 Å². The first kappa shape index (κ1) is 14.0. The summed E-state index contributed by atoms with van der Waals surface area (Å²) in [5.41, 5.74) is 2.79. The van der Waals surface area contributed by atoms with Crippen molar-refractivity contribution in [2.45, 2.75) is 19.5 Å². The van der Waals surface area contributed by atoms with Crippen LogP contribution in [-0.4, -0.2) is 12.1 Å². The minimum atomic E-state index is 0.202. The molecule has 2 aromatic rings. The molecule has 2 rings (SSSR count). The van der Waals surface area contributed by atoms with Crippen LogP contribution in [0.15, 0.2) is 42.7 Å². The molecule has 20 heavy (non-hydrogen) atoms. The molecular weight excluding hydrogens is 250 g/mol. The minimum Gasteiger partial charge on any atom is -0.496 e. The maximum atomic E-state index is 8.96. The predicted octanol–water partition coefficient (Wildman–Crippen LogP) is 2.81. The summed E-state index contributed by atoms with van der Waals surface area (Å²) in [4.78, 5) is 4.01. The van der Waals surface area contributed by atoms with Crippen LogP contribution in [0.5, 0.6) is 5.75 Å². The summed E-state index contributed by atoms with van der Waals surface area (Å²) < 4.78 is 5.32. The van der Waals surface area contributed by atoms with E-state index in [4.69, 9.17) is 10.00 Å². The van der Waals surface area contributed by atoms with Gasteiger partial charge < -0.3 is 10.1 Å². The summed E-state index contributed by atoms with van der Waals surface area (Å²) in [5.74, 6) is 0.790. The van der Waals surface area contributed by atoms with Crippen molar-refractivity contribution < 1.29 is 4.74 Å². The van der Waals surface area contributed by atoms with Crippen LogP contribution in [0.2, 0.25) is 0 Å². The van der Waals surface area contributed by atoms with Crippen molar-refractivity contribution in [3.63, 3.8) is 0 Å². The van der Waals surface area contributed by atoms with Gasteiger partial charge in [0.25, 0.3) is 0 Å². The highest BCUT2D eigenvalue weighted by Gasteiger charge is 2.08. The molecular formula is C16H17N3O. The van der Waals surface area contributed by atoms with E-state index in [0.717, 1.165) is 11.3 Å². The summed E-state index contributed by atoms with van der Waals surface area (Å²) >= 11 is 0. The van der Waals surface area contributed by atoms with Crippen LogP contribution in [0.3, 0.4) is 0 Å². The fraction of sp³-hybridized carbons (Fsp3) is 0.250. The number of nitrogens with one attached hydrogen (secondary N) is 1. The normalized spacial score (nSPS) is 11.7. The number of rotatable bonds is 5. The summed E-state index contributed by atoms with van der Waals surface area (Å²) in [6.07, 6.45) is 3.56. The van der Waals surface area contributed by atoms with E-state index in [2.05, 4.69) is 23.3 Å². The van der Waals surface area contributed by atoms with Gasteiger partial charge in [0.2, 0.25) is 0 Å². The summed E-state index contributed by atoms with van der Waals surface area (Å²) in [6.45, 7) is 2.73. The molecule has 1 N–H and O–H groups in total. The molecule has 0 aliphatic rings. The van der Waals surface area contributed by atoms with Crippen LogP contribution in [-0.2, 0) is 6.54 Å². The number of benzene rings is 1. The summed E-state index contributed by atoms with van der Waals surface area (Å²) in [5, 5.41) is 12.4. The number of nitrogens with zero attached hydrogens (tertiary/aromatic N) is 2. The van der Waals surface area contributed by atoms with E-state index in [-0.39, 0.29) is 6.04 Å². The Bertz CT molecular complexity index is 605. The van der Waals surface area contributed by atoms with Gasteiger partial charge in [-0.2, -0.15) is 5.26 Å². The first-order valence-corrected chi connectivity index (χ1v) is 6.45. The Hall–Kier alpha value is -2.38. The lowest BCUT2D eigenvalue weighted by Crippen LogP contribution is -2.18. The van der Waals surface area contributed by atoms with E-state index in [1.54, 1.807) is 25.6 Å². The van der Waals surface area contributed by atoms with Crippen molar-refractivity contribution in [2.24, 2.45) is 0 Å². The fourth-order valence-electron chi connectivity index (χ4n) is 2.02. The van der Waals surface area contributed by atoms with E-state index in [0.29, 0.717) is 12.1 Å². The third-order valence-electron chi connectivity index (χ3n) is 3.21. The molecule has 1 heterocycles. The number of hydrogen-bond acceptors (Lipinski definition) is 4. The zero-order valence-corrected chi connectivity index (χ0v) is 11.6. The molecule has 0 unspecified atom stereocenters. The predicted molar refractivity (Wildman–Crippen MR) is 77.2 cm³/mol. The van der Waals surface area contributed by atoms with Crippen LogP contribution < -0.4 is 10.1 Å². The molecule has 4 heteroatoms. The molecule has 1 aromatic carbocycles. The van der Waals surface area contributed by atoms with Crippen molar-refractivity contribution in [1.82, 2.24) is 10.3 Å². The lowest BCUT2D eigenvalue weighted by molar-refractivity contribution is 0.406. The zero-order chi connectivity index (χ0) is 14.4. The largest absolute Gasteiger partial charge is 0.496 e. The second kappa shape index (κ2) is 6.69. The molecule has 102 valence electrons. The monoisotopic (exact) mass is 267 g/mol. The standard InChI is InChI=1S/C16H17N3O/c1-12(14-5-7-18-8-6-14)19-11-15-9-13(10-17)3-4-16(15)20-2/h3-9,12,19H,11H2,1-2H3/t12-/m1/s1. The lowest BCUT2D eigenvalue weighted by atomic mass is 10.1. The second-order valence-electron chi connectivity index (χ2n) is 4.52. The van der Waals surface area contributed by atoms with Gasteiger partial charge in [-0.3, -0.25) is 4.98 Å². The molecule has 1 aromatic heterocycles. The van der Waals surface area contributed by atoms with Crippen molar-refractivity contribution in [3.05, 3.63) is 59.4 Å². The van der Waals surface area contributed by atoms with Crippen molar-refractivity contribution >= 4 is 0 Å². The topological polar surface area (TPSA) is 57.9 Å². The van der Waals surface area contributed by atoms with Gasteiger partial charge in [0.1, 0.15) is 5.75 Å². The lowest BCUT2D eigenvalue weighted by Gasteiger charge is -2.15. The van der Waals surface area contributed by atoms with Crippen LogP contribution in [0.4, 0.5) is 0 Å². The molecule has 0 aliphatic heterocycles. The molecule has 4 nitrogen and oxygen atoms in total. The Labute approximate surface area is 119 Å². The van der Waals surface area contributed by atoms with E-state index < -0.39 is 0 Å². The Morgan fingerprint density at radius 1 is 1.30 bits per heavy atom. The first-order chi connectivity index (χ1) is 9.74. The molecule has 0 saturated heterocycles. The Morgan fingerprint density at radius 3 is 2.70 bits per heavy atom. The number of aromatic nitrogens is 1. The van der Waals surface area contributed by atoms with E-state index in [1.165, 1.54) is 5.56 Å². The molecule has 0 aliphatic carbocycles. The second-order valence-corrected chi connectivity index (χ2v) is 4.52. The first-order valence-electron chi connectivity index (χ1n) is 6.45. The van der Waals surface area contributed by atoms with Gasteiger partial charge in [-0.05, 0) is 42.8 Å². The van der Waals surface area contributed by atoms with E-state index in [9.17, 15) is 0 Å². The van der Waals surface area contributed by atoms with Crippen LogP contribution >= 0.6 is 0 Å². The van der Waals surface area contributed by atoms with Gasteiger partial charge in [0, 0.05) is 30.5 Å². The highest BCUT2D eigenvalue weighted by Crippen LogP contribution is 2.21. The van der Waals surface area contributed by atoms with Gasteiger partial charge in [-0.15, -0.1) is 0 Å². The third kappa shape index (κ3) is 3.34. The van der Waals surface area contributed by atoms with Gasteiger partial charge in [0.15, 0.2) is 0 Å². The van der Waals surface area contributed by atoms with E-state index >= 15 is 0 Å². The maximum Gasteiger partial charge on any atom is 0.123 e. The zero-order valence-electron chi connectivity index (χ0n) is 11.6. The average molecular weight is 267 g/mol. The van der Waals surface area contributed by atoms with E-state index in [1.807, 2.05) is 24.3 Å². The Morgan fingerprint density at radius 2 is 2.05 bits per heavy atom. The quantitative estimate of drug-likeness (QED) is 0.905. The highest BCUT2D eigenvalue weighted by atomic mass is 16.5. The number of nitriles is 1. The van der Waals surface area contributed by atoms with Crippen LogP contribution in [0.25, 0.3) is 0 Å². The maximum absolute atomic E-state index is 8.96. The van der Waals surface area contributed by atoms with Crippen LogP contribution in [0.1, 0.15) is 29.7 Å². The smallest absolute Gasteiger partial charge is 0.123 e. The Balaban J connectivity index is 2.09. The highest BCUT2D eigenvalue weighted by molar-refractivity contribution is 5.42. The third-order valence-corrected chi connectivity index (χ3v) is 3.21. The van der Waals surface area contributed by atoms with Gasteiger partial charge in [0.05, 0.1) is 18.7 Å². The van der Waals surface area contributed by atoms with Crippen molar-refractivity contribution in [2.75, 3.05) is 7.11 Å². The van der Waals surface area contributed by atoms with Gasteiger partial charge >= 0.3 is 0 Å². The molecule has 0 amide bonds. The molecule has 0 bridgehead atoms. The summed E-state index contributed by atoms with van der Waals surface area (Å²) in [7, 11) is 1.64. The molecule has 0 radical (unpaired) electrons. The average Bonchev–Trinajstić information content (AvgIpc) is 2.53. The SMILES string of the molecule is COc1ccc(C#N)cc1CN[C@H](C)c1ccncc1. The molecule has 0 fully saturated rings. The number of ether oxygens (including phenoxy) is 1. The number of methoxy groups -OCH3 is 1. The fourth-order valence-corrected chi connectivity index (χ4v) is 2.02. The minimum absolute atomic E-state index is 0.202. The summed E-state index contributed by atoms with van der Waals surface area (Å²) in [6, 6.07) is 11.8. The molecule has 1 atom stereocenters. The van der Waals surface area contributed by atoms with Gasteiger partial charge in [-0.25, -0.2) is 0 Å².